The van der Waals surface area contributed by atoms with Crippen LogP contribution in [0.3, 0.4) is 0 Å². The van der Waals surface area contributed by atoms with Gasteiger partial charge in [-0.2, -0.15) is 4.31 Å². The number of aryl methyl sites for hydroxylation is 1. The van der Waals surface area contributed by atoms with E-state index in [1.165, 1.54) is 0 Å². The molecule has 7 heteroatoms. The highest BCUT2D eigenvalue weighted by Gasteiger charge is 2.36. The lowest BCUT2D eigenvalue weighted by Gasteiger charge is -2.37. The molecule has 1 aromatic rings. The van der Waals surface area contributed by atoms with Crippen molar-refractivity contribution in [1.82, 2.24) is 4.31 Å². The van der Waals surface area contributed by atoms with Crippen molar-refractivity contribution >= 4 is 41.9 Å². The minimum absolute atomic E-state index is 0.120. The number of nitrogens with two attached hydrogens (primary N) is 1. The van der Waals surface area contributed by atoms with Crippen LogP contribution in [0.25, 0.3) is 0 Å². The second-order valence-corrected chi connectivity index (χ2v) is 9.23. The Hall–Kier alpha value is 0.0500. The van der Waals surface area contributed by atoms with E-state index in [1.807, 2.05) is 13.0 Å². The van der Waals surface area contributed by atoms with Crippen molar-refractivity contribution < 1.29 is 8.42 Å². The lowest BCUT2D eigenvalue weighted by molar-refractivity contribution is 0.211. The highest BCUT2D eigenvalue weighted by Crippen LogP contribution is 2.34. The van der Waals surface area contributed by atoms with Gasteiger partial charge in [-0.1, -0.05) is 22.9 Å². The first-order valence-corrected chi connectivity index (χ1v) is 9.97. The highest BCUT2D eigenvalue weighted by atomic mass is 79.9. The third-order valence-corrected chi connectivity index (χ3v) is 7.76. The van der Waals surface area contributed by atoms with Gasteiger partial charge in [0.2, 0.25) is 10.0 Å². The molecular formula is C14H20Br2N2O2S. The van der Waals surface area contributed by atoms with Gasteiger partial charge >= 0.3 is 0 Å². The van der Waals surface area contributed by atoms with Gasteiger partial charge in [-0.15, -0.1) is 0 Å². The molecule has 2 atom stereocenters. The van der Waals surface area contributed by atoms with Gasteiger partial charge < -0.3 is 5.73 Å². The predicted octanol–water partition coefficient (Wildman–Crippen LogP) is 3.27. The first-order valence-electron chi connectivity index (χ1n) is 6.95. The fourth-order valence-electron chi connectivity index (χ4n) is 2.71. The Labute approximate surface area is 143 Å². The Balaban J connectivity index is 2.44. The van der Waals surface area contributed by atoms with Crippen LogP contribution in [0.15, 0.2) is 26.0 Å². The molecule has 1 heterocycles. The van der Waals surface area contributed by atoms with Crippen molar-refractivity contribution in [3.63, 3.8) is 0 Å². The molecule has 0 saturated carbocycles. The molecule has 0 radical (unpaired) electrons. The van der Waals surface area contributed by atoms with E-state index >= 15 is 0 Å². The van der Waals surface area contributed by atoms with E-state index in [4.69, 9.17) is 5.73 Å². The summed E-state index contributed by atoms with van der Waals surface area (Å²) in [6, 6.07) is 3.37. The number of benzene rings is 1. The molecule has 118 valence electrons. The molecule has 1 aliphatic heterocycles. The molecule has 0 amide bonds. The van der Waals surface area contributed by atoms with Gasteiger partial charge in [-0.05, 0) is 59.3 Å². The average molecular weight is 440 g/mol. The Morgan fingerprint density at radius 3 is 2.62 bits per heavy atom. The predicted molar refractivity (Wildman–Crippen MR) is 91.7 cm³/mol. The molecule has 21 heavy (non-hydrogen) atoms. The molecule has 0 spiro atoms. The maximum absolute atomic E-state index is 13.0. The van der Waals surface area contributed by atoms with Crippen LogP contribution in [0.2, 0.25) is 0 Å². The van der Waals surface area contributed by atoms with Crippen LogP contribution in [0.1, 0.15) is 25.3 Å². The number of sulfonamides is 1. The van der Waals surface area contributed by atoms with E-state index < -0.39 is 10.0 Å². The summed E-state index contributed by atoms with van der Waals surface area (Å²) in [5, 5.41) is 0. The Morgan fingerprint density at radius 1 is 1.33 bits per heavy atom. The molecule has 1 aromatic carbocycles. The molecule has 4 nitrogen and oxygen atoms in total. The second-order valence-electron chi connectivity index (χ2n) is 5.67. The van der Waals surface area contributed by atoms with Crippen molar-refractivity contribution in [2.24, 2.45) is 11.7 Å². The maximum atomic E-state index is 13.0. The molecule has 2 unspecified atom stereocenters. The average Bonchev–Trinajstić information content (AvgIpc) is 2.42. The molecule has 0 aromatic heterocycles. The smallest absolute Gasteiger partial charge is 0.244 e. The van der Waals surface area contributed by atoms with Gasteiger partial charge in [-0.3, -0.25) is 0 Å². The van der Waals surface area contributed by atoms with E-state index in [9.17, 15) is 8.42 Å². The van der Waals surface area contributed by atoms with Gasteiger partial charge in [0.05, 0.1) is 4.90 Å². The molecule has 2 rings (SSSR count). The minimum Gasteiger partial charge on any atom is -0.329 e. The van der Waals surface area contributed by atoms with E-state index in [2.05, 4.69) is 38.8 Å². The maximum Gasteiger partial charge on any atom is 0.244 e. The standard InChI is InChI=1S/C14H20Br2N2O2S/c1-9-3-4-18(11(5-9)8-17)21(19,20)14-7-12(15)10(2)6-13(14)16/h6-7,9,11H,3-5,8,17H2,1-2H3. The van der Waals surface area contributed by atoms with Gasteiger partial charge in [0.1, 0.15) is 0 Å². The van der Waals surface area contributed by atoms with Gasteiger partial charge in [0.25, 0.3) is 0 Å². The van der Waals surface area contributed by atoms with Crippen molar-refractivity contribution in [2.75, 3.05) is 13.1 Å². The van der Waals surface area contributed by atoms with Gasteiger partial charge in [0, 0.05) is 28.1 Å². The van der Waals surface area contributed by atoms with Gasteiger partial charge in [0.15, 0.2) is 0 Å². The molecule has 2 N–H and O–H groups in total. The van der Waals surface area contributed by atoms with Crippen LogP contribution < -0.4 is 5.73 Å². The number of piperidine rings is 1. The molecule has 0 bridgehead atoms. The van der Waals surface area contributed by atoms with Crippen LogP contribution >= 0.6 is 31.9 Å². The van der Waals surface area contributed by atoms with Crippen molar-refractivity contribution in [2.45, 2.75) is 37.6 Å². The summed E-state index contributed by atoms with van der Waals surface area (Å²) in [4.78, 5) is 0.299. The summed E-state index contributed by atoms with van der Waals surface area (Å²) in [6.07, 6.45) is 1.70. The van der Waals surface area contributed by atoms with Crippen LogP contribution in [0, 0.1) is 12.8 Å². The van der Waals surface area contributed by atoms with Crippen LogP contribution in [-0.4, -0.2) is 31.9 Å². The quantitative estimate of drug-likeness (QED) is 0.785. The zero-order chi connectivity index (χ0) is 15.8. The topological polar surface area (TPSA) is 63.4 Å². The third kappa shape index (κ3) is 3.52. The SMILES string of the molecule is Cc1cc(Br)c(S(=O)(=O)N2CCC(C)CC2CN)cc1Br. The van der Waals surface area contributed by atoms with Crippen LogP contribution in [-0.2, 0) is 10.0 Å². The Bertz CT molecular complexity index is 634. The monoisotopic (exact) mass is 438 g/mol. The normalized spacial score (nSPS) is 24.2. The molecular weight excluding hydrogens is 420 g/mol. The van der Waals surface area contributed by atoms with Crippen molar-refractivity contribution in [1.29, 1.82) is 0 Å². The van der Waals surface area contributed by atoms with E-state index in [0.717, 1.165) is 22.9 Å². The molecule has 1 saturated heterocycles. The minimum atomic E-state index is -3.54. The molecule has 1 aliphatic rings. The number of hydrogen-bond acceptors (Lipinski definition) is 3. The van der Waals surface area contributed by atoms with E-state index in [1.54, 1.807) is 10.4 Å². The summed E-state index contributed by atoms with van der Waals surface area (Å²) in [7, 11) is -3.54. The van der Waals surface area contributed by atoms with E-state index in [0.29, 0.717) is 28.4 Å². The fourth-order valence-corrected chi connectivity index (χ4v) is 6.01. The molecule has 0 aliphatic carbocycles. The van der Waals surface area contributed by atoms with Gasteiger partial charge in [-0.25, -0.2) is 8.42 Å². The lowest BCUT2D eigenvalue weighted by Crippen LogP contribution is -2.49. The first-order chi connectivity index (χ1) is 9.77. The zero-order valence-electron chi connectivity index (χ0n) is 12.1. The summed E-state index contributed by atoms with van der Waals surface area (Å²) >= 11 is 6.79. The lowest BCUT2D eigenvalue weighted by atomic mass is 9.94. The van der Waals surface area contributed by atoms with Crippen LogP contribution in [0.5, 0.6) is 0 Å². The van der Waals surface area contributed by atoms with Crippen molar-refractivity contribution in [3.05, 3.63) is 26.6 Å². The van der Waals surface area contributed by atoms with E-state index in [-0.39, 0.29) is 6.04 Å². The number of hydrogen-bond donors (Lipinski definition) is 1. The van der Waals surface area contributed by atoms with Crippen molar-refractivity contribution in [3.8, 4) is 0 Å². The largest absolute Gasteiger partial charge is 0.329 e. The Kier molecular flexibility index (Phi) is 5.52. The highest BCUT2D eigenvalue weighted by molar-refractivity contribution is 9.11. The zero-order valence-corrected chi connectivity index (χ0v) is 16.1. The number of nitrogens with zero attached hydrogens (tertiary/aromatic N) is 1. The number of rotatable bonds is 3. The fraction of sp³-hybridized carbons (Fsp3) is 0.571. The molecule has 1 fully saturated rings. The van der Waals surface area contributed by atoms with Crippen LogP contribution in [0.4, 0.5) is 0 Å². The Morgan fingerprint density at radius 2 is 2.00 bits per heavy atom. The summed E-state index contributed by atoms with van der Waals surface area (Å²) < 4.78 is 28.9. The number of halogens is 2. The first kappa shape index (κ1) is 17.4. The summed E-state index contributed by atoms with van der Waals surface area (Å²) in [5.41, 5.74) is 6.78. The summed E-state index contributed by atoms with van der Waals surface area (Å²) in [6.45, 7) is 4.96. The third-order valence-electron chi connectivity index (χ3n) is 4.00. The summed E-state index contributed by atoms with van der Waals surface area (Å²) in [5.74, 6) is 0.512. The second kappa shape index (κ2) is 6.66.